The second-order valence-corrected chi connectivity index (χ2v) is 5.98. The minimum Gasteiger partial charge on any atom is -0.459 e. The highest BCUT2D eigenvalue weighted by molar-refractivity contribution is 9.10. The normalized spacial score (nSPS) is 12.7. The van der Waals surface area contributed by atoms with Gasteiger partial charge < -0.3 is 9.73 Å². The van der Waals surface area contributed by atoms with Crippen molar-refractivity contribution in [2.24, 2.45) is 0 Å². The maximum Gasteiger partial charge on any atom is 0.134 e. The number of furan rings is 1. The molecule has 0 aliphatic heterocycles. The molecule has 0 aliphatic carbocycles. The number of hydrogen-bond donors (Lipinski definition) is 1. The molecule has 1 N–H and O–H groups in total. The van der Waals surface area contributed by atoms with Crippen molar-refractivity contribution in [2.45, 2.75) is 19.5 Å². The Bertz CT molecular complexity index is 768. The fourth-order valence-corrected chi connectivity index (χ4v) is 2.65. The summed E-state index contributed by atoms with van der Waals surface area (Å²) in [6.07, 6.45) is 0. The monoisotopic (exact) mass is 347 g/mol. The third-order valence-electron chi connectivity index (χ3n) is 3.43. The van der Waals surface area contributed by atoms with Crippen molar-refractivity contribution in [3.8, 4) is 0 Å². The Balaban J connectivity index is 1.73. The van der Waals surface area contributed by atoms with Gasteiger partial charge in [-0.15, -0.1) is 0 Å². The van der Waals surface area contributed by atoms with Gasteiger partial charge in [-0.2, -0.15) is 0 Å². The molecule has 0 bridgehead atoms. The van der Waals surface area contributed by atoms with Crippen LogP contribution in [0.25, 0.3) is 11.0 Å². The molecule has 21 heavy (non-hydrogen) atoms. The minimum absolute atomic E-state index is 0.0550. The summed E-state index contributed by atoms with van der Waals surface area (Å²) < 4.78 is 20.0. The maximum absolute atomic E-state index is 13.1. The highest BCUT2D eigenvalue weighted by atomic mass is 79.9. The number of halogens is 2. The van der Waals surface area contributed by atoms with Gasteiger partial charge in [0, 0.05) is 16.4 Å². The van der Waals surface area contributed by atoms with Gasteiger partial charge in [-0.05, 0) is 48.9 Å². The van der Waals surface area contributed by atoms with E-state index in [4.69, 9.17) is 4.42 Å². The number of hydrogen-bond acceptors (Lipinski definition) is 2. The molecule has 0 radical (unpaired) electrons. The Hall–Kier alpha value is -1.65. The van der Waals surface area contributed by atoms with Crippen LogP contribution >= 0.6 is 15.9 Å². The zero-order valence-corrected chi connectivity index (χ0v) is 13.2. The van der Waals surface area contributed by atoms with Crippen molar-refractivity contribution in [1.29, 1.82) is 0 Å². The largest absolute Gasteiger partial charge is 0.459 e. The van der Waals surface area contributed by atoms with Crippen LogP contribution in [0.1, 0.15) is 24.3 Å². The van der Waals surface area contributed by atoms with Crippen molar-refractivity contribution in [1.82, 2.24) is 5.32 Å². The van der Waals surface area contributed by atoms with Gasteiger partial charge in [0.05, 0.1) is 6.04 Å². The average Bonchev–Trinajstić information content (AvgIpc) is 2.88. The standard InChI is InChI=1S/C17H15BrFNO/c1-11(20-10-12-3-2-4-15(19)7-12)17-9-13-8-14(18)5-6-16(13)21-17/h2-9,11,20H,10H2,1H3. The Kier molecular flexibility index (Phi) is 4.08. The van der Waals surface area contributed by atoms with Gasteiger partial charge in [-0.25, -0.2) is 4.39 Å². The topological polar surface area (TPSA) is 25.2 Å². The predicted molar refractivity (Wildman–Crippen MR) is 85.6 cm³/mol. The van der Waals surface area contributed by atoms with Gasteiger partial charge in [0.2, 0.25) is 0 Å². The first-order valence-corrected chi connectivity index (χ1v) is 7.58. The van der Waals surface area contributed by atoms with E-state index < -0.39 is 0 Å². The summed E-state index contributed by atoms with van der Waals surface area (Å²) in [6.45, 7) is 2.63. The van der Waals surface area contributed by atoms with E-state index in [0.29, 0.717) is 6.54 Å². The molecule has 3 rings (SSSR count). The average molecular weight is 348 g/mol. The predicted octanol–water partition coefficient (Wildman–Crippen LogP) is 5.19. The van der Waals surface area contributed by atoms with Gasteiger partial charge in [0.1, 0.15) is 17.2 Å². The van der Waals surface area contributed by atoms with Crippen LogP contribution in [0.2, 0.25) is 0 Å². The maximum atomic E-state index is 13.1. The van der Waals surface area contributed by atoms with Crippen molar-refractivity contribution in [2.75, 3.05) is 0 Å². The van der Waals surface area contributed by atoms with Crippen molar-refractivity contribution in [3.05, 3.63) is 70.1 Å². The summed E-state index contributed by atoms with van der Waals surface area (Å²) in [7, 11) is 0. The lowest BCUT2D eigenvalue weighted by atomic mass is 10.2. The summed E-state index contributed by atoms with van der Waals surface area (Å²) in [5.41, 5.74) is 1.79. The highest BCUT2D eigenvalue weighted by Crippen LogP contribution is 2.26. The molecule has 0 saturated carbocycles. The van der Waals surface area contributed by atoms with Crippen LogP contribution in [0, 0.1) is 5.82 Å². The smallest absolute Gasteiger partial charge is 0.134 e. The molecule has 1 aromatic heterocycles. The Morgan fingerprint density at radius 2 is 2.05 bits per heavy atom. The van der Waals surface area contributed by atoms with Crippen molar-refractivity contribution in [3.63, 3.8) is 0 Å². The lowest BCUT2D eigenvalue weighted by Crippen LogP contribution is -2.17. The third-order valence-corrected chi connectivity index (χ3v) is 3.92. The minimum atomic E-state index is -0.212. The fraction of sp³-hybridized carbons (Fsp3) is 0.176. The zero-order chi connectivity index (χ0) is 14.8. The van der Waals surface area contributed by atoms with Gasteiger partial charge in [0.15, 0.2) is 0 Å². The second-order valence-electron chi connectivity index (χ2n) is 5.06. The van der Waals surface area contributed by atoms with E-state index in [1.54, 1.807) is 6.07 Å². The van der Waals surface area contributed by atoms with Crippen LogP contribution < -0.4 is 5.32 Å². The molecule has 4 heteroatoms. The number of fused-ring (bicyclic) bond motifs is 1. The fourth-order valence-electron chi connectivity index (χ4n) is 2.27. The van der Waals surface area contributed by atoms with E-state index >= 15 is 0 Å². The Morgan fingerprint density at radius 1 is 1.19 bits per heavy atom. The lowest BCUT2D eigenvalue weighted by Gasteiger charge is -2.11. The van der Waals surface area contributed by atoms with Crippen LogP contribution in [-0.4, -0.2) is 0 Å². The third kappa shape index (κ3) is 3.34. The molecule has 0 aliphatic rings. The van der Waals surface area contributed by atoms with Crippen LogP contribution in [-0.2, 0) is 6.54 Å². The molecule has 2 nitrogen and oxygen atoms in total. The molecule has 3 aromatic rings. The van der Waals surface area contributed by atoms with E-state index in [1.165, 1.54) is 12.1 Å². The lowest BCUT2D eigenvalue weighted by molar-refractivity contribution is 0.450. The van der Waals surface area contributed by atoms with Gasteiger partial charge in [0.25, 0.3) is 0 Å². The molecular formula is C17H15BrFNO. The Labute approximate surface area is 131 Å². The molecule has 1 heterocycles. The number of benzene rings is 2. The molecule has 2 aromatic carbocycles. The van der Waals surface area contributed by atoms with E-state index in [2.05, 4.69) is 21.2 Å². The van der Waals surface area contributed by atoms with E-state index in [0.717, 1.165) is 26.8 Å². The van der Waals surface area contributed by atoms with Crippen LogP contribution in [0.15, 0.2) is 57.4 Å². The van der Waals surface area contributed by atoms with Crippen LogP contribution in [0.4, 0.5) is 4.39 Å². The van der Waals surface area contributed by atoms with Crippen LogP contribution in [0.5, 0.6) is 0 Å². The first kappa shape index (κ1) is 14.3. The van der Waals surface area contributed by atoms with Crippen molar-refractivity contribution < 1.29 is 8.81 Å². The molecule has 0 amide bonds. The van der Waals surface area contributed by atoms with E-state index in [1.807, 2.05) is 37.3 Å². The summed E-state index contributed by atoms with van der Waals surface area (Å²) >= 11 is 3.45. The molecule has 0 spiro atoms. The number of nitrogens with one attached hydrogen (secondary N) is 1. The summed E-state index contributed by atoms with van der Waals surface area (Å²) in [5, 5.41) is 4.41. The Morgan fingerprint density at radius 3 is 2.86 bits per heavy atom. The molecule has 1 atom stereocenters. The van der Waals surface area contributed by atoms with E-state index in [9.17, 15) is 4.39 Å². The zero-order valence-electron chi connectivity index (χ0n) is 11.6. The second kappa shape index (κ2) is 6.00. The van der Waals surface area contributed by atoms with Crippen LogP contribution in [0.3, 0.4) is 0 Å². The SMILES string of the molecule is CC(NCc1cccc(F)c1)c1cc2cc(Br)ccc2o1. The van der Waals surface area contributed by atoms with Gasteiger partial charge >= 0.3 is 0 Å². The first-order valence-electron chi connectivity index (χ1n) is 6.78. The van der Waals surface area contributed by atoms with E-state index in [-0.39, 0.29) is 11.9 Å². The quantitative estimate of drug-likeness (QED) is 0.702. The molecule has 1 unspecified atom stereocenters. The highest BCUT2D eigenvalue weighted by Gasteiger charge is 2.11. The summed E-state index contributed by atoms with van der Waals surface area (Å²) in [4.78, 5) is 0. The van der Waals surface area contributed by atoms with Gasteiger partial charge in [-0.1, -0.05) is 28.1 Å². The summed E-state index contributed by atoms with van der Waals surface area (Å²) in [6, 6.07) is 14.6. The molecule has 108 valence electrons. The summed E-state index contributed by atoms with van der Waals surface area (Å²) in [5.74, 6) is 0.662. The number of rotatable bonds is 4. The first-order chi connectivity index (χ1) is 10.1. The molecule has 0 fully saturated rings. The molecular weight excluding hydrogens is 333 g/mol. The van der Waals surface area contributed by atoms with Gasteiger partial charge in [-0.3, -0.25) is 0 Å². The van der Waals surface area contributed by atoms with Crippen molar-refractivity contribution >= 4 is 26.9 Å². The molecule has 0 saturated heterocycles.